The zero-order chi connectivity index (χ0) is 15.5. The Kier molecular flexibility index (Phi) is 4.39. The van der Waals surface area contributed by atoms with E-state index in [1.807, 2.05) is 0 Å². The Balaban J connectivity index is 2.38. The minimum Gasteiger partial charge on any atom is -0.495 e. The summed E-state index contributed by atoms with van der Waals surface area (Å²) in [6.07, 6.45) is 2.76. The highest BCUT2D eigenvalue weighted by atomic mass is 32.2. The van der Waals surface area contributed by atoms with Crippen LogP contribution in [0, 0.1) is 0 Å². The van der Waals surface area contributed by atoms with E-state index in [-0.39, 0.29) is 9.88 Å². The quantitative estimate of drug-likeness (QED) is 0.810. The molecule has 0 atom stereocenters. The van der Waals surface area contributed by atoms with Gasteiger partial charge in [0, 0.05) is 18.0 Å². The van der Waals surface area contributed by atoms with Gasteiger partial charge in [-0.2, -0.15) is 0 Å². The van der Waals surface area contributed by atoms with E-state index in [2.05, 4.69) is 9.71 Å². The van der Waals surface area contributed by atoms with Crippen molar-refractivity contribution in [2.24, 2.45) is 5.73 Å². The number of pyridine rings is 1. The third-order valence-electron chi connectivity index (χ3n) is 2.68. The third kappa shape index (κ3) is 3.47. The van der Waals surface area contributed by atoms with Gasteiger partial charge in [0.25, 0.3) is 10.0 Å². The van der Waals surface area contributed by atoms with Crippen molar-refractivity contribution in [1.82, 2.24) is 4.98 Å². The first kappa shape index (κ1) is 15.2. The smallest absolute Gasteiger partial charge is 0.263 e. The second-order valence-electron chi connectivity index (χ2n) is 4.07. The molecule has 1 aromatic heterocycles. The van der Waals surface area contributed by atoms with E-state index in [0.29, 0.717) is 17.0 Å². The summed E-state index contributed by atoms with van der Waals surface area (Å²) in [7, 11) is -2.30. The minimum absolute atomic E-state index is 0.0606. The number of ether oxygens (including phenoxy) is 1. The number of sulfonamides is 1. The number of rotatable bonds is 5. The molecule has 0 radical (unpaired) electrons. The fourth-order valence-electron chi connectivity index (χ4n) is 1.64. The Morgan fingerprint density at radius 2 is 2.14 bits per heavy atom. The second-order valence-corrected chi connectivity index (χ2v) is 6.20. The van der Waals surface area contributed by atoms with Gasteiger partial charge in [0.1, 0.15) is 15.6 Å². The van der Waals surface area contributed by atoms with Crippen molar-refractivity contribution in [3.05, 3.63) is 48.3 Å². The Hall–Kier alpha value is -2.19. The third-order valence-corrected chi connectivity index (χ3v) is 4.26. The van der Waals surface area contributed by atoms with Crippen LogP contribution in [0.25, 0.3) is 0 Å². The van der Waals surface area contributed by atoms with E-state index in [9.17, 15) is 8.42 Å². The Labute approximate surface area is 128 Å². The molecule has 0 fully saturated rings. The minimum atomic E-state index is -3.74. The van der Waals surface area contributed by atoms with Crippen molar-refractivity contribution >= 4 is 32.9 Å². The van der Waals surface area contributed by atoms with Crippen LogP contribution in [0.3, 0.4) is 0 Å². The zero-order valence-corrected chi connectivity index (χ0v) is 12.7. The van der Waals surface area contributed by atoms with E-state index in [4.69, 9.17) is 22.7 Å². The number of nitrogens with one attached hydrogen (secondary N) is 1. The van der Waals surface area contributed by atoms with Gasteiger partial charge in [-0.3, -0.25) is 9.71 Å². The number of nitrogens with zero attached hydrogens (tertiary/aromatic N) is 1. The number of nitrogens with two attached hydrogens (primary N) is 1. The van der Waals surface area contributed by atoms with Crippen LogP contribution in [0.2, 0.25) is 0 Å². The SMILES string of the molecule is COc1cc(C(N)=S)ccc1NS(=O)(=O)c1cccnc1. The van der Waals surface area contributed by atoms with Crippen molar-refractivity contribution < 1.29 is 13.2 Å². The molecule has 21 heavy (non-hydrogen) atoms. The molecule has 0 amide bonds. The highest BCUT2D eigenvalue weighted by Crippen LogP contribution is 2.27. The van der Waals surface area contributed by atoms with Crippen molar-refractivity contribution in [3.63, 3.8) is 0 Å². The molecule has 6 nitrogen and oxygen atoms in total. The number of hydrogen-bond acceptors (Lipinski definition) is 5. The fraction of sp³-hybridized carbons (Fsp3) is 0.0769. The van der Waals surface area contributed by atoms with Gasteiger partial charge < -0.3 is 10.5 Å². The lowest BCUT2D eigenvalue weighted by Crippen LogP contribution is -2.15. The number of aromatic nitrogens is 1. The summed E-state index contributed by atoms with van der Waals surface area (Å²) in [4.78, 5) is 4.05. The van der Waals surface area contributed by atoms with E-state index in [1.54, 1.807) is 24.3 Å². The number of thiocarbonyl (C=S) groups is 1. The molecule has 2 aromatic rings. The molecule has 1 aromatic carbocycles. The highest BCUT2D eigenvalue weighted by molar-refractivity contribution is 7.92. The Bertz CT molecular complexity index is 761. The van der Waals surface area contributed by atoms with Gasteiger partial charge in [-0.1, -0.05) is 12.2 Å². The average Bonchev–Trinajstić information content (AvgIpc) is 2.48. The van der Waals surface area contributed by atoms with Crippen LogP contribution in [-0.2, 0) is 10.0 Å². The maximum atomic E-state index is 12.2. The normalized spacial score (nSPS) is 10.9. The lowest BCUT2D eigenvalue weighted by molar-refractivity contribution is 0.417. The van der Waals surface area contributed by atoms with E-state index >= 15 is 0 Å². The van der Waals surface area contributed by atoms with Gasteiger partial charge in [0.05, 0.1) is 12.8 Å². The van der Waals surface area contributed by atoms with Crippen LogP contribution < -0.4 is 15.2 Å². The van der Waals surface area contributed by atoms with Crippen LogP contribution >= 0.6 is 12.2 Å². The van der Waals surface area contributed by atoms with Crippen molar-refractivity contribution in [2.75, 3.05) is 11.8 Å². The molecule has 0 aliphatic heterocycles. The Morgan fingerprint density at radius 1 is 1.38 bits per heavy atom. The molecule has 2 rings (SSSR count). The molecule has 1 heterocycles. The first-order valence-corrected chi connectivity index (χ1v) is 7.74. The molecule has 3 N–H and O–H groups in total. The van der Waals surface area contributed by atoms with Gasteiger partial charge >= 0.3 is 0 Å². The number of methoxy groups -OCH3 is 1. The van der Waals surface area contributed by atoms with Crippen LogP contribution in [0.1, 0.15) is 5.56 Å². The predicted molar refractivity (Wildman–Crippen MR) is 83.9 cm³/mol. The number of hydrogen-bond donors (Lipinski definition) is 2. The first-order valence-electron chi connectivity index (χ1n) is 5.85. The van der Waals surface area contributed by atoms with Gasteiger partial charge in [-0.25, -0.2) is 8.42 Å². The van der Waals surface area contributed by atoms with Crippen LogP contribution in [0.15, 0.2) is 47.6 Å². The summed E-state index contributed by atoms with van der Waals surface area (Å²) in [5.74, 6) is 0.327. The molecule has 0 aliphatic rings. The molecule has 0 bridgehead atoms. The summed E-state index contributed by atoms with van der Waals surface area (Å²) < 4.78 is 32.1. The zero-order valence-electron chi connectivity index (χ0n) is 11.1. The van der Waals surface area contributed by atoms with E-state index < -0.39 is 10.0 Å². The van der Waals surface area contributed by atoms with Crippen LogP contribution in [0.5, 0.6) is 5.75 Å². The predicted octanol–water partition coefficient (Wildman–Crippen LogP) is 1.53. The van der Waals surface area contributed by atoms with Crippen LogP contribution in [0.4, 0.5) is 5.69 Å². The molecule has 0 unspecified atom stereocenters. The number of benzene rings is 1. The first-order chi connectivity index (χ1) is 9.94. The standard InChI is InChI=1S/C13H13N3O3S2/c1-19-12-7-9(13(14)20)4-5-11(12)16-21(17,18)10-3-2-6-15-8-10/h2-8,16H,1H3,(H2,14,20). The maximum absolute atomic E-state index is 12.2. The monoisotopic (exact) mass is 323 g/mol. The fourth-order valence-corrected chi connectivity index (χ4v) is 2.80. The van der Waals surface area contributed by atoms with Crippen molar-refractivity contribution in [3.8, 4) is 5.75 Å². The lowest BCUT2D eigenvalue weighted by atomic mass is 10.2. The molecular weight excluding hydrogens is 310 g/mol. The summed E-state index contributed by atoms with van der Waals surface area (Å²) in [6, 6.07) is 7.73. The molecular formula is C13H13N3O3S2. The second kappa shape index (κ2) is 6.06. The summed E-state index contributed by atoms with van der Waals surface area (Å²) in [5, 5.41) is 0. The van der Waals surface area contributed by atoms with Gasteiger partial charge in [-0.05, 0) is 30.3 Å². The van der Waals surface area contributed by atoms with Gasteiger partial charge in [0.15, 0.2) is 0 Å². The summed E-state index contributed by atoms with van der Waals surface area (Å²) in [5.41, 5.74) is 6.42. The van der Waals surface area contributed by atoms with Gasteiger partial charge in [-0.15, -0.1) is 0 Å². The largest absolute Gasteiger partial charge is 0.495 e. The summed E-state index contributed by atoms with van der Waals surface area (Å²) in [6.45, 7) is 0. The average molecular weight is 323 g/mol. The molecule has 0 saturated carbocycles. The topological polar surface area (TPSA) is 94.3 Å². The highest BCUT2D eigenvalue weighted by Gasteiger charge is 2.17. The number of anilines is 1. The molecule has 0 aliphatic carbocycles. The molecule has 0 saturated heterocycles. The van der Waals surface area contributed by atoms with Crippen molar-refractivity contribution in [1.29, 1.82) is 0 Å². The summed E-state index contributed by atoms with van der Waals surface area (Å²) >= 11 is 4.87. The van der Waals surface area contributed by atoms with Crippen molar-refractivity contribution in [2.45, 2.75) is 4.90 Å². The molecule has 0 spiro atoms. The lowest BCUT2D eigenvalue weighted by Gasteiger charge is -2.12. The Morgan fingerprint density at radius 3 is 2.71 bits per heavy atom. The maximum Gasteiger partial charge on any atom is 0.263 e. The van der Waals surface area contributed by atoms with Gasteiger partial charge in [0.2, 0.25) is 0 Å². The molecule has 8 heteroatoms. The van der Waals surface area contributed by atoms with E-state index in [1.165, 1.54) is 25.6 Å². The van der Waals surface area contributed by atoms with Crippen LogP contribution in [-0.4, -0.2) is 25.5 Å². The molecule has 110 valence electrons. The van der Waals surface area contributed by atoms with E-state index in [0.717, 1.165) is 0 Å².